The van der Waals surface area contributed by atoms with Crippen LogP contribution in [-0.2, 0) is 27.9 Å². The summed E-state index contributed by atoms with van der Waals surface area (Å²) in [6.07, 6.45) is 2.75. The maximum Gasteiger partial charge on any atom is 0.342 e. The second-order valence-electron chi connectivity index (χ2n) is 6.31. The number of carbonyl (C=O) groups excluding carboxylic acids is 2. The summed E-state index contributed by atoms with van der Waals surface area (Å²) < 4.78 is 17.2. The molecule has 30 heavy (non-hydrogen) atoms. The molecule has 3 aromatic heterocycles. The molecule has 11 heteroatoms. The fraction of sp³-hybridized carbons (Fsp3) is 0.316. The maximum absolute atomic E-state index is 12.1. The number of nitrogens with two attached hydrogens (primary N) is 1. The van der Waals surface area contributed by atoms with Crippen LogP contribution >= 0.6 is 11.6 Å². The second kappa shape index (κ2) is 8.54. The Morgan fingerprint density at radius 1 is 1.27 bits per heavy atom. The van der Waals surface area contributed by atoms with Crippen LogP contribution in [0.1, 0.15) is 40.1 Å². The molecule has 0 spiro atoms. The zero-order valence-electron chi connectivity index (χ0n) is 16.9. The molecule has 10 nitrogen and oxygen atoms in total. The molecule has 2 N–H and O–H groups in total. The molecule has 0 aliphatic heterocycles. The lowest BCUT2D eigenvalue weighted by atomic mass is 10.2. The Hall–Kier alpha value is -3.40. The summed E-state index contributed by atoms with van der Waals surface area (Å²) in [7, 11) is 1.70. The number of carbonyl (C=O) groups is 2. The predicted molar refractivity (Wildman–Crippen MR) is 109 cm³/mol. The van der Waals surface area contributed by atoms with Crippen molar-refractivity contribution in [3.8, 4) is 0 Å². The summed E-state index contributed by atoms with van der Waals surface area (Å²) in [5.41, 5.74) is 7.58. The minimum Gasteiger partial charge on any atom is -0.462 e. The van der Waals surface area contributed by atoms with E-state index >= 15 is 0 Å². The van der Waals surface area contributed by atoms with Crippen LogP contribution in [0.15, 0.2) is 10.5 Å². The number of hydrogen-bond acceptors (Lipinski definition) is 9. The van der Waals surface area contributed by atoms with Gasteiger partial charge in [0.1, 0.15) is 22.3 Å². The molecule has 0 amide bonds. The van der Waals surface area contributed by atoms with Crippen LogP contribution in [0.4, 0.5) is 5.82 Å². The molecule has 0 saturated heterocycles. The van der Waals surface area contributed by atoms with E-state index in [1.807, 2.05) is 0 Å². The van der Waals surface area contributed by atoms with Crippen molar-refractivity contribution in [3.05, 3.63) is 39.6 Å². The Labute approximate surface area is 176 Å². The van der Waals surface area contributed by atoms with Gasteiger partial charge in [0.05, 0.1) is 17.7 Å². The van der Waals surface area contributed by atoms with Crippen molar-refractivity contribution >= 4 is 46.5 Å². The predicted octanol–water partition coefficient (Wildman–Crippen LogP) is 2.74. The smallest absolute Gasteiger partial charge is 0.342 e. The Balaban J connectivity index is 1.76. The Morgan fingerprint density at radius 3 is 2.63 bits per heavy atom. The number of aromatic nitrogens is 4. The van der Waals surface area contributed by atoms with E-state index < -0.39 is 11.9 Å². The van der Waals surface area contributed by atoms with Gasteiger partial charge in [0.15, 0.2) is 12.4 Å². The number of esters is 2. The van der Waals surface area contributed by atoms with Gasteiger partial charge in [-0.05, 0) is 26.8 Å². The van der Waals surface area contributed by atoms with Crippen molar-refractivity contribution in [1.29, 1.82) is 0 Å². The molecule has 3 aromatic rings. The summed E-state index contributed by atoms with van der Waals surface area (Å²) >= 11 is 6.12. The van der Waals surface area contributed by atoms with E-state index in [2.05, 4.69) is 15.1 Å². The average Bonchev–Trinajstić information content (AvgIpc) is 3.14. The lowest BCUT2D eigenvalue weighted by Crippen LogP contribution is -2.09. The van der Waals surface area contributed by atoms with Crippen molar-refractivity contribution in [2.24, 2.45) is 7.05 Å². The number of halogens is 1. The highest BCUT2D eigenvalue weighted by Gasteiger charge is 2.24. The second-order valence-corrected chi connectivity index (χ2v) is 6.67. The third-order valence-electron chi connectivity index (χ3n) is 4.21. The minimum absolute atomic E-state index is 0.0271. The number of anilines is 1. The quantitative estimate of drug-likeness (QED) is 0.459. The van der Waals surface area contributed by atoms with E-state index in [0.717, 1.165) is 0 Å². The summed E-state index contributed by atoms with van der Waals surface area (Å²) in [5.74, 6) is -0.733. The highest BCUT2D eigenvalue weighted by Crippen LogP contribution is 2.29. The van der Waals surface area contributed by atoms with E-state index in [1.165, 1.54) is 16.8 Å². The number of hydrogen-bond donors (Lipinski definition) is 1. The zero-order chi connectivity index (χ0) is 22.0. The first-order chi connectivity index (χ1) is 14.2. The summed E-state index contributed by atoms with van der Waals surface area (Å²) in [4.78, 5) is 32.5. The molecule has 0 radical (unpaired) electrons. The third-order valence-corrected chi connectivity index (χ3v) is 4.66. The fourth-order valence-electron chi connectivity index (χ4n) is 2.87. The first kappa shape index (κ1) is 21.3. The minimum atomic E-state index is -0.626. The first-order valence-corrected chi connectivity index (χ1v) is 9.37. The van der Waals surface area contributed by atoms with Crippen molar-refractivity contribution in [2.75, 3.05) is 12.3 Å². The van der Waals surface area contributed by atoms with Crippen molar-refractivity contribution in [1.82, 2.24) is 19.7 Å². The summed E-state index contributed by atoms with van der Waals surface area (Å²) in [6, 6.07) is 0. The molecule has 0 aliphatic carbocycles. The molecule has 0 aliphatic rings. The zero-order valence-corrected chi connectivity index (χ0v) is 17.6. The molecule has 0 unspecified atom stereocenters. The summed E-state index contributed by atoms with van der Waals surface area (Å²) in [6.45, 7) is 5.04. The molecule has 0 aromatic carbocycles. The van der Waals surface area contributed by atoms with Crippen LogP contribution in [0.25, 0.3) is 17.2 Å². The Bertz CT molecular complexity index is 1160. The molecular formula is C19H20ClN5O5. The number of fused-ring (bicyclic) bond motifs is 1. The average molecular weight is 434 g/mol. The molecule has 0 fully saturated rings. The van der Waals surface area contributed by atoms with Crippen molar-refractivity contribution < 1.29 is 23.5 Å². The van der Waals surface area contributed by atoms with Gasteiger partial charge in [0.2, 0.25) is 5.71 Å². The number of nitrogen functional groups attached to an aromatic ring is 1. The standard InChI is InChI=1S/C19H20ClN5O5/c1-5-28-19(27)14-10(3)30-18-15(14)17(21)22-12(23-18)8-29-13(26)7-6-11-9(2)24-25(4)16(11)20/h6-7H,5,8H2,1-4H3,(H2,21,22,23)/b7-6+. The maximum atomic E-state index is 12.1. The van der Waals surface area contributed by atoms with Crippen LogP contribution in [-0.4, -0.2) is 38.3 Å². The highest BCUT2D eigenvalue weighted by atomic mass is 35.5. The summed E-state index contributed by atoms with van der Waals surface area (Å²) in [5, 5.41) is 4.83. The first-order valence-electron chi connectivity index (χ1n) is 8.99. The molecule has 3 heterocycles. The molecule has 158 valence electrons. The van der Waals surface area contributed by atoms with Gasteiger partial charge in [-0.2, -0.15) is 10.1 Å². The van der Waals surface area contributed by atoms with Crippen LogP contribution < -0.4 is 5.73 Å². The van der Waals surface area contributed by atoms with Crippen LogP contribution in [0.3, 0.4) is 0 Å². The van der Waals surface area contributed by atoms with Crippen LogP contribution in [0.2, 0.25) is 5.15 Å². The van der Waals surface area contributed by atoms with Crippen LogP contribution in [0, 0.1) is 13.8 Å². The van der Waals surface area contributed by atoms with Crippen LogP contribution in [0.5, 0.6) is 0 Å². The third kappa shape index (κ3) is 4.13. The van der Waals surface area contributed by atoms with Gasteiger partial charge < -0.3 is 19.6 Å². The lowest BCUT2D eigenvalue weighted by molar-refractivity contribution is -0.139. The van der Waals surface area contributed by atoms with Gasteiger partial charge in [-0.3, -0.25) is 4.68 Å². The van der Waals surface area contributed by atoms with Gasteiger partial charge in [-0.1, -0.05) is 11.6 Å². The molecule has 3 rings (SSSR count). The topological polar surface area (TPSA) is 135 Å². The Morgan fingerprint density at radius 2 is 2.00 bits per heavy atom. The largest absolute Gasteiger partial charge is 0.462 e. The number of furan rings is 1. The van der Waals surface area contributed by atoms with E-state index in [-0.39, 0.29) is 41.5 Å². The number of ether oxygens (including phenoxy) is 2. The highest BCUT2D eigenvalue weighted by molar-refractivity contribution is 6.31. The van der Waals surface area contributed by atoms with E-state index in [0.29, 0.717) is 22.2 Å². The van der Waals surface area contributed by atoms with Gasteiger partial charge in [-0.15, -0.1) is 0 Å². The SMILES string of the molecule is CCOC(=O)c1c(C)oc2nc(COC(=O)/C=C/c3c(C)nn(C)c3Cl)nc(N)c12. The van der Waals surface area contributed by atoms with Gasteiger partial charge in [0.25, 0.3) is 0 Å². The number of rotatable bonds is 6. The molecule has 0 atom stereocenters. The molecule has 0 bridgehead atoms. The fourth-order valence-corrected chi connectivity index (χ4v) is 3.11. The van der Waals surface area contributed by atoms with E-state index in [4.69, 9.17) is 31.2 Å². The number of aryl methyl sites for hydroxylation is 3. The van der Waals surface area contributed by atoms with Gasteiger partial charge >= 0.3 is 11.9 Å². The van der Waals surface area contributed by atoms with E-state index in [1.54, 1.807) is 27.8 Å². The Kier molecular flexibility index (Phi) is 6.06. The lowest BCUT2D eigenvalue weighted by Gasteiger charge is -2.04. The van der Waals surface area contributed by atoms with Crippen molar-refractivity contribution in [3.63, 3.8) is 0 Å². The normalized spacial score (nSPS) is 11.4. The number of nitrogens with zero attached hydrogens (tertiary/aromatic N) is 4. The molecule has 0 saturated carbocycles. The monoisotopic (exact) mass is 433 g/mol. The van der Waals surface area contributed by atoms with E-state index in [9.17, 15) is 9.59 Å². The van der Waals surface area contributed by atoms with Crippen molar-refractivity contribution in [2.45, 2.75) is 27.4 Å². The van der Waals surface area contributed by atoms with Gasteiger partial charge in [0, 0.05) is 18.7 Å². The molecular weight excluding hydrogens is 414 g/mol. The van der Waals surface area contributed by atoms with Gasteiger partial charge in [-0.25, -0.2) is 14.6 Å².